The Morgan fingerprint density at radius 3 is 2.88 bits per heavy atom. The van der Waals surface area contributed by atoms with Crippen LogP contribution >= 0.6 is 0 Å². The van der Waals surface area contributed by atoms with Gasteiger partial charge in [0.05, 0.1) is 6.61 Å². The Bertz CT molecular complexity index is 344. The number of ether oxygens (including phenoxy) is 3. The van der Waals surface area contributed by atoms with Gasteiger partial charge in [0.1, 0.15) is 18.8 Å². The molecule has 0 radical (unpaired) electrons. The van der Waals surface area contributed by atoms with Gasteiger partial charge in [-0.15, -0.1) is 0 Å². The minimum atomic E-state index is -0.988. The molecule has 1 aliphatic heterocycles. The molecule has 0 unspecified atom stereocenters. The summed E-state index contributed by atoms with van der Waals surface area (Å²) in [5.74, 6) is -1.68. The molecule has 0 spiro atoms. The normalized spacial score (nSPS) is 23.8. The number of nitrogens with zero attached hydrogens (tertiary/aromatic N) is 2. The van der Waals surface area contributed by atoms with Crippen molar-refractivity contribution in [3.63, 3.8) is 0 Å². The van der Waals surface area contributed by atoms with E-state index in [-0.39, 0.29) is 12.7 Å². The summed E-state index contributed by atoms with van der Waals surface area (Å²) in [6.07, 6.45) is -0.377. The van der Waals surface area contributed by atoms with E-state index in [2.05, 4.69) is 5.16 Å². The third kappa shape index (κ3) is 3.18. The predicted molar refractivity (Wildman–Crippen MR) is 50.7 cm³/mol. The smallest absolute Gasteiger partial charge is 0.371 e. The van der Waals surface area contributed by atoms with Crippen LogP contribution in [0.3, 0.4) is 0 Å². The number of carbonyl (C=O) groups is 1. The lowest BCUT2D eigenvalue weighted by molar-refractivity contribution is -0.153. The van der Waals surface area contributed by atoms with Gasteiger partial charge in [-0.1, -0.05) is 5.16 Å². The van der Waals surface area contributed by atoms with E-state index in [0.29, 0.717) is 6.61 Å². The minimum absolute atomic E-state index is 0.0526. The van der Waals surface area contributed by atoms with Crippen molar-refractivity contribution in [1.29, 1.82) is 5.26 Å². The Labute approximate surface area is 92.2 Å². The summed E-state index contributed by atoms with van der Waals surface area (Å²) in [5, 5.41) is 19.1. The number of hydrogen-bond acceptors (Lipinski definition) is 7. The fraction of sp³-hybridized carbons (Fsp3) is 0.667. The molecule has 0 saturated carbocycles. The average Bonchev–Trinajstić information content (AvgIpc) is 2.57. The number of carbonyl (C=O) groups excluding carboxylic acids is 1. The SMILES string of the molecule is CC1(C)OC[C@@H](COC(=O)C(C#N)=NO)O1. The molecule has 0 amide bonds. The Hall–Kier alpha value is -1.65. The van der Waals surface area contributed by atoms with Gasteiger partial charge in [0.25, 0.3) is 5.71 Å². The summed E-state index contributed by atoms with van der Waals surface area (Å²) in [5.41, 5.74) is -0.696. The van der Waals surface area contributed by atoms with E-state index < -0.39 is 17.5 Å². The largest absolute Gasteiger partial charge is 0.457 e. The summed E-state index contributed by atoms with van der Waals surface area (Å²) in [6, 6.07) is 1.40. The lowest BCUT2D eigenvalue weighted by Crippen LogP contribution is -2.27. The standard InChI is InChI=1S/C9H12N2O5/c1-9(2)15-5-6(16-9)4-14-8(12)7(3-10)11-13/h6,13H,4-5H2,1-2H3/t6-/m1/s1. The Balaban J connectivity index is 2.37. The molecule has 1 atom stereocenters. The highest BCUT2D eigenvalue weighted by Gasteiger charge is 2.33. The molecule has 1 N–H and O–H groups in total. The van der Waals surface area contributed by atoms with Gasteiger partial charge in [-0.05, 0) is 13.8 Å². The first kappa shape index (κ1) is 12.4. The van der Waals surface area contributed by atoms with Gasteiger partial charge in [-0.3, -0.25) is 0 Å². The van der Waals surface area contributed by atoms with Crippen LogP contribution < -0.4 is 0 Å². The third-order valence-corrected chi connectivity index (χ3v) is 1.87. The van der Waals surface area contributed by atoms with Crippen LogP contribution in [0.2, 0.25) is 0 Å². The zero-order valence-electron chi connectivity index (χ0n) is 8.97. The number of rotatable bonds is 3. The zero-order chi connectivity index (χ0) is 12.2. The Kier molecular flexibility index (Phi) is 3.82. The van der Waals surface area contributed by atoms with E-state index >= 15 is 0 Å². The number of nitriles is 1. The van der Waals surface area contributed by atoms with Crippen LogP contribution in [0.5, 0.6) is 0 Å². The maximum atomic E-state index is 11.1. The molecule has 16 heavy (non-hydrogen) atoms. The van der Waals surface area contributed by atoms with Gasteiger partial charge in [-0.2, -0.15) is 5.26 Å². The van der Waals surface area contributed by atoms with E-state index in [4.69, 9.17) is 24.7 Å². The highest BCUT2D eigenvalue weighted by molar-refractivity contribution is 6.42. The van der Waals surface area contributed by atoms with Crippen molar-refractivity contribution >= 4 is 11.7 Å². The quantitative estimate of drug-likeness (QED) is 0.316. The topological polar surface area (TPSA) is 101 Å². The van der Waals surface area contributed by atoms with Crippen LogP contribution in [0.15, 0.2) is 5.16 Å². The predicted octanol–water partition coefficient (Wildman–Crippen LogP) is 0.0349. The molecule has 88 valence electrons. The molecule has 0 aromatic rings. The summed E-state index contributed by atoms with van der Waals surface area (Å²) in [6.45, 7) is 3.73. The first-order valence-electron chi connectivity index (χ1n) is 4.59. The molecular formula is C9H12N2O5. The molecule has 1 fully saturated rings. The molecular weight excluding hydrogens is 216 g/mol. The molecule has 1 heterocycles. The second-order valence-electron chi connectivity index (χ2n) is 3.61. The third-order valence-electron chi connectivity index (χ3n) is 1.87. The maximum Gasteiger partial charge on any atom is 0.371 e. The van der Waals surface area contributed by atoms with E-state index in [1.54, 1.807) is 13.8 Å². The molecule has 1 aliphatic rings. The van der Waals surface area contributed by atoms with Crippen LogP contribution in [0, 0.1) is 11.3 Å². The Morgan fingerprint density at radius 2 is 2.44 bits per heavy atom. The molecule has 0 bridgehead atoms. The van der Waals surface area contributed by atoms with E-state index in [9.17, 15) is 4.79 Å². The fourth-order valence-electron chi connectivity index (χ4n) is 1.19. The summed E-state index contributed by atoms with van der Waals surface area (Å²) < 4.78 is 15.3. The second kappa shape index (κ2) is 4.92. The first-order chi connectivity index (χ1) is 7.48. The van der Waals surface area contributed by atoms with Crippen molar-refractivity contribution in [2.45, 2.75) is 25.7 Å². The van der Waals surface area contributed by atoms with Crippen molar-refractivity contribution in [2.75, 3.05) is 13.2 Å². The molecule has 1 saturated heterocycles. The van der Waals surface area contributed by atoms with Gasteiger partial charge >= 0.3 is 5.97 Å². The van der Waals surface area contributed by atoms with Crippen LogP contribution in [-0.4, -0.2) is 42.0 Å². The fourth-order valence-corrected chi connectivity index (χ4v) is 1.19. The molecule has 7 heteroatoms. The molecule has 0 aromatic carbocycles. The zero-order valence-corrected chi connectivity index (χ0v) is 8.97. The summed E-state index contributed by atoms with van der Waals surface area (Å²) in [4.78, 5) is 11.1. The monoisotopic (exact) mass is 228 g/mol. The second-order valence-corrected chi connectivity index (χ2v) is 3.61. The molecule has 0 aromatic heterocycles. The lowest BCUT2D eigenvalue weighted by atomic mass is 10.4. The number of hydrogen-bond donors (Lipinski definition) is 1. The maximum absolute atomic E-state index is 11.1. The minimum Gasteiger partial charge on any atom is -0.457 e. The highest BCUT2D eigenvalue weighted by atomic mass is 16.7. The highest BCUT2D eigenvalue weighted by Crippen LogP contribution is 2.22. The van der Waals surface area contributed by atoms with Crippen LogP contribution in [0.25, 0.3) is 0 Å². The summed E-state index contributed by atoms with van der Waals surface area (Å²) >= 11 is 0. The van der Waals surface area contributed by atoms with Crippen LogP contribution in [0.4, 0.5) is 0 Å². The lowest BCUT2D eigenvalue weighted by Gasteiger charge is -2.16. The van der Waals surface area contributed by atoms with Gasteiger partial charge in [0.2, 0.25) is 0 Å². The van der Waals surface area contributed by atoms with Crippen molar-refractivity contribution in [3.8, 4) is 6.07 Å². The molecule has 7 nitrogen and oxygen atoms in total. The number of oxime groups is 1. The van der Waals surface area contributed by atoms with Crippen LogP contribution in [0.1, 0.15) is 13.8 Å². The first-order valence-corrected chi connectivity index (χ1v) is 4.59. The van der Waals surface area contributed by atoms with Crippen molar-refractivity contribution in [1.82, 2.24) is 0 Å². The van der Waals surface area contributed by atoms with Gasteiger partial charge in [0.15, 0.2) is 5.79 Å². The number of esters is 1. The van der Waals surface area contributed by atoms with Gasteiger partial charge in [-0.25, -0.2) is 4.79 Å². The van der Waals surface area contributed by atoms with Crippen LogP contribution in [-0.2, 0) is 19.0 Å². The van der Waals surface area contributed by atoms with Gasteiger partial charge < -0.3 is 19.4 Å². The van der Waals surface area contributed by atoms with Crippen molar-refractivity contribution in [2.24, 2.45) is 5.16 Å². The molecule has 0 aliphatic carbocycles. The van der Waals surface area contributed by atoms with E-state index in [1.165, 1.54) is 6.07 Å². The van der Waals surface area contributed by atoms with E-state index in [0.717, 1.165) is 0 Å². The average molecular weight is 228 g/mol. The van der Waals surface area contributed by atoms with Crippen molar-refractivity contribution < 1.29 is 24.2 Å². The van der Waals surface area contributed by atoms with Gasteiger partial charge in [0, 0.05) is 0 Å². The molecule has 1 rings (SSSR count). The van der Waals surface area contributed by atoms with E-state index in [1.807, 2.05) is 0 Å². The van der Waals surface area contributed by atoms with Crippen molar-refractivity contribution in [3.05, 3.63) is 0 Å². The summed E-state index contributed by atoms with van der Waals surface area (Å²) in [7, 11) is 0. The Morgan fingerprint density at radius 1 is 1.75 bits per heavy atom.